The number of benzene rings is 2. The largest absolute Gasteiger partial charge is 0.478 e. The normalized spacial score (nSPS) is 10.1. The predicted molar refractivity (Wildman–Crippen MR) is 112 cm³/mol. The molecule has 0 aliphatic heterocycles. The highest BCUT2D eigenvalue weighted by molar-refractivity contribution is 6.42. The van der Waals surface area contributed by atoms with Crippen LogP contribution in [-0.4, -0.2) is 32.1 Å². The van der Waals surface area contributed by atoms with Crippen molar-refractivity contribution in [1.82, 2.24) is 9.97 Å². The zero-order chi connectivity index (χ0) is 20.4. The van der Waals surface area contributed by atoms with Gasteiger partial charge in [0.2, 0.25) is 5.95 Å². The Morgan fingerprint density at radius 1 is 0.931 bits per heavy atom. The summed E-state index contributed by atoms with van der Waals surface area (Å²) in [5, 5.41) is 18.5. The smallest absolute Gasteiger partial charge is 0.337 e. The molecule has 0 unspecified atom stereocenters. The Labute approximate surface area is 180 Å². The number of nitrogen functional groups attached to an aromatic ring is 1. The van der Waals surface area contributed by atoms with Crippen molar-refractivity contribution in [2.24, 2.45) is 0 Å². The van der Waals surface area contributed by atoms with Crippen molar-refractivity contribution >= 4 is 70.7 Å². The van der Waals surface area contributed by atoms with Crippen LogP contribution in [0.15, 0.2) is 48.5 Å². The molecule has 0 spiro atoms. The molecule has 0 amide bonds. The summed E-state index contributed by atoms with van der Waals surface area (Å²) in [5.41, 5.74) is 6.45. The minimum absolute atomic E-state index is 0. The van der Waals surface area contributed by atoms with Crippen LogP contribution in [-0.2, 0) is 0 Å². The molecular formula is C18H13Cl3N4O4. The maximum atomic E-state index is 11.7. The zero-order valence-corrected chi connectivity index (χ0v) is 16.7. The molecule has 8 nitrogen and oxygen atoms in total. The van der Waals surface area contributed by atoms with Crippen molar-refractivity contribution in [3.8, 4) is 0 Å². The van der Waals surface area contributed by atoms with Crippen LogP contribution >= 0.6 is 35.6 Å². The third-order valence-electron chi connectivity index (χ3n) is 3.77. The van der Waals surface area contributed by atoms with Crippen molar-refractivity contribution in [3.63, 3.8) is 0 Å². The molecule has 29 heavy (non-hydrogen) atoms. The molecule has 11 heteroatoms. The molecule has 0 atom stereocenters. The summed E-state index contributed by atoms with van der Waals surface area (Å²) >= 11 is 11.9. The maximum absolute atomic E-state index is 11.7. The van der Waals surface area contributed by atoms with E-state index in [0.29, 0.717) is 5.69 Å². The first kappa shape index (κ1) is 22.2. The maximum Gasteiger partial charge on any atom is 0.337 e. The molecule has 0 radical (unpaired) electrons. The second kappa shape index (κ2) is 8.95. The fourth-order valence-electron chi connectivity index (χ4n) is 2.49. The molecule has 1 aromatic heterocycles. The topological polar surface area (TPSA) is 130 Å². The number of carbonyl (C=O) groups is 2. The molecule has 0 fully saturated rings. The fourth-order valence-corrected chi connectivity index (χ4v) is 2.75. The molecule has 3 rings (SSSR count). The first-order chi connectivity index (χ1) is 13.3. The van der Waals surface area contributed by atoms with E-state index in [2.05, 4.69) is 9.97 Å². The Bertz CT molecular complexity index is 1050. The minimum Gasteiger partial charge on any atom is -0.478 e. The van der Waals surface area contributed by atoms with Crippen molar-refractivity contribution in [3.05, 3.63) is 69.8 Å². The molecule has 0 saturated carbocycles. The van der Waals surface area contributed by atoms with Crippen molar-refractivity contribution < 1.29 is 19.8 Å². The highest BCUT2D eigenvalue weighted by atomic mass is 35.5. The van der Waals surface area contributed by atoms with Crippen LogP contribution in [0.2, 0.25) is 10.2 Å². The Hall–Kier alpha value is -3.07. The lowest BCUT2D eigenvalue weighted by molar-refractivity contribution is 0.0686. The summed E-state index contributed by atoms with van der Waals surface area (Å²) in [4.78, 5) is 32.4. The number of para-hydroxylation sites is 1. The average Bonchev–Trinajstić information content (AvgIpc) is 2.67. The number of hydrogen-bond acceptors (Lipinski definition) is 6. The summed E-state index contributed by atoms with van der Waals surface area (Å²) in [6.45, 7) is 0. The third-order valence-corrected chi connectivity index (χ3v) is 4.52. The molecule has 0 aliphatic rings. The van der Waals surface area contributed by atoms with Crippen molar-refractivity contribution in [2.75, 3.05) is 10.6 Å². The van der Waals surface area contributed by atoms with Gasteiger partial charge in [-0.1, -0.05) is 35.3 Å². The minimum atomic E-state index is -1.17. The van der Waals surface area contributed by atoms with Crippen LogP contribution in [0.25, 0.3) is 0 Å². The molecule has 4 N–H and O–H groups in total. The molecule has 0 saturated heterocycles. The summed E-state index contributed by atoms with van der Waals surface area (Å²) < 4.78 is 0. The van der Waals surface area contributed by atoms with Gasteiger partial charge in [-0.15, -0.1) is 12.4 Å². The molecule has 150 valence electrons. The van der Waals surface area contributed by atoms with E-state index in [9.17, 15) is 14.7 Å². The van der Waals surface area contributed by atoms with Crippen LogP contribution in [0.1, 0.15) is 20.7 Å². The van der Waals surface area contributed by atoms with E-state index in [1.165, 1.54) is 35.2 Å². The van der Waals surface area contributed by atoms with Crippen LogP contribution in [0.4, 0.5) is 23.1 Å². The van der Waals surface area contributed by atoms with Crippen LogP contribution < -0.4 is 10.6 Å². The van der Waals surface area contributed by atoms with Gasteiger partial charge >= 0.3 is 11.9 Å². The first-order valence-electron chi connectivity index (χ1n) is 7.74. The highest BCUT2D eigenvalue weighted by Crippen LogP contribution is 2.37. The Balaban J connectivity index is 0.00000300. The van der Waals surface area contributed by atoms with Gasteiger partial charge in [0.25, 0.3) is 0 Å². The Morgan fingerprint density at radius 2 is 1.55 bits per heavy atom. The van der Waals surface area contributed by atoms with E-state index < -0.39 is 11.9 Å². The SMILES string of the molecule is Cl.Nc1nc(N(c2ccc(C(=O)O)cc2)c2ccccc2C(=O)O)nc(Cl)c1Cl. The van der Waals surface area contributed by atoms with Gasteiger partial charge in [0.05, 0.1) is 16.8 Å². The van der Waals surface area contributed by atoms with E-state index in [-0.39, 0.29) is 51.2 Å². The van der Waals surface area contributed by atoms with Crippen molar-refractivity contribution in [1.29, 1.82) is 0 Å². The standard InChI is InChI=1S/C18H12Cl2N4O4.ClH/c19-13-14(20)22-18(23-15(13)21)24(10-7-5-9(6-8-10)16(25)26)12-4-2-1-3-11(12)17(27)28;/h1-8H,(H,25,26)(H,27,28)(H2,21,22,23);1H. The van der Waals surface area contributed by atoms with Gasteiger partial charge in [-0.3, -0.25) is 4.90 Å². The Morgan fingerprint density at radius 3 is 2.10 bits per heavy atom. The van der Waals surface area contributed by atoms with Gasteiger partial charge in [-0.2, -0.15) is 9.97 Å². The number of rotatable bonds is 5. The average molecular weight is 456 g/mol. The molecule has 0 aliphatic carbocycles. The number of anilines is 4. The van der Waals surface area contributed by atoms with Gasteiger partial charge in [0, 0.05) is 5.69 Å². The molecule has 0 bridgehead atoms. The number of carboxylic acids is 2. The second-order valence-corrected chi connectivity index (χ2v) is 6.26. The van der Waals surface area contributed by atoms with Gasteiger partial charge in [-0.25, -0.2) is 9.59 Å². The van der Waals surface area contributed by atoms with E-state index in [1.54, 1.807) is 18.2 Å². The fraction of sp³-hybridized carbons (Fsp3) is 0. The number of carboxylic acid groups (broad SMARTS) is 2. The van der Waals surface area contributed by atoms with E-state index in [4.69, 9.17) is 34.0 Å². The monoisotopic (exact) mass is 454 g/mol. The van der Waals surface area contributed by atoms with Gasteiger partial charge in [-0.05, 0) is 36.4 Å². The number of aromatic carboxylic acids is 2. The molecule has 1 heterocycles. The van der Waals surface area contributed by atoms with Crippen LogP contribution in [0.5, 0.6) is 0 Å². The molecule has 3 aromatic rings. The second-order valence-electron chi connectivity index (χ2n) is 5.52. The van der Waals surface area contributed by atoms with E-state index in [0.717, 1.165) is 0 Å². The van der Waals surface area contributed by atoms with E-state index >= 15 is 0 Å². The lowest BCUT2D eigenvalue weighted by atomic mass is 10.1. The molecule has 2 aromatic carbocycles. The number of halogens is 3. The Kier molecular flexibility index (Phi) is 6.86. The molecular weight excluding hydrogens is 443 g/mol. The summed E-state index contributed by atoms with van der Waals surface area (Å²) in [6, 6.07) is 11.9. The summed E-state index contributed by atoms with van der Waals surface area (Å²) in [5.74, 6) is -2.38. The predicted octanol–water partition coefficient (Wildman–Crippen LogP) is 4.65. The first-order valence-corrected chi connectivity index (χ1v) is 8.49. The van der Waals surface area contributed by atoms with Crippen LogP contribution in [0, 0.1) is 0 Å². The van der Waals surface area contributed by atoms with Crippen molar-refractivity contribution in [2.45, 2.75) is 0 Å². The van der Waals surface area contributed by atoms with Gasteiger partial charge < -0.3 is 15.9 Å². The highest BCUT2D eigenvalue weighted by Gasteiger charge is 2.23. The van der Waals surface area contributed by atoms with E-state index in [1.807, 2.05) is 0 Å². The van der Waals surface area contributed by atoms with Gasteiger partial charge in [0.15, 0.2) is 5.15 Å². The van der Waals surface area contributed by atoms with Gasteiger partial charge in [0.1, 0.15) is 10.8 Å². The quantitative estimate of drug-likeness (QED) is 0.474. The summed E-state index contributed by atoms with van der Waals surface area (Å²) in [7, 11) is 0. The lowest BCUT2D eigenvalue weighted by Gasteiger charge is -2.25. The summed E-state index contributed by atoms with van der Waals surface area (Å²) in [6.07, 6.45) is 0. The zero-order valence-electron chi connectivity index (χ0n) is 14.4. The van der Waals surface area contributed by atoms with Crippen LogP contribution in [0.3, 0.4) is 0 Å². The lowest BCUT2D eigenvalue weighted by Crippen LogP contribution is -2.17. The number of hydrogen-bond donors (Lipinski definition) is 3. The number of aromatic nitrogens is 2. The number of nitrogens with two attached hydrogens (primary N) is 1. The third kappa shape index (κ3) is 4.51. The number of nitrogens with zero attached hydrogens (tertiary/aromatic N) is 3.